The molecular weight excluding hydrogens is 443 g/mol. The summed E-state index contributed by atoms with van der Waals surface area (Å²) in [6, 6.07) is 19.8. The van der Waals surface area contributed by atoms with Gasteiger partial charge in [0.1, 0.15) is 5.75 Å². The number of nitrogens with zero attached hydrogens (tertiary/aromatic N) is 2. The van der Waals surface area contributed by atoms with Gasteiger partial charge in [0, 0.05) is 27.6 Å². The van der Waals surface area contributed by atoms with Gasteiger partial charge in [0.2, 0.25) is 5.78 Å². The monoisotopic (exact) mass is 456 g/mol. The Bertz CT molecular complexity index is 1160. The lowest BCUT2D eigenvalue weighted by molar-refractivity contribution is -0.00447. The number of Topliss-reactive ketones (excluding diaryl/α,β-unsaturated/α-hetero) is 1. The van der Waals surface area contributed by atoms with Crippen LogP contribution in [0, 0.1) is 0 Å². The van der Waals surface area contributed by atoms with Crippen molar-refractivity contribution >= 4 is 46.3 Å². The topological polar surface area (TPSA) is 41.9 Å². The zero-order chi connectivity index (χ0) is 20.8. The van der Waals surface area contributed by atoms with Gasteiger partial charge in [-0.25, -0.2) is 5.01 Å². The molecule has 2 aliphatic heterocycles. The van der Waals surface area contributed by atoms with Crippen LogP contribution in [0.15, 0.2) is 71.8 Å². The van der Waals surface area contributed by atoms with Crippen LogP contribution in [0.4, 0.5) is 0 Å². The van der Waals surface area contributed by atoms with Crippen LogP contribution in [0.1, 0.15) is 33.9 Å². The summed E-state index contributed by atoms with van der Waals surface area (Å²) in [5.41, 5.74) is 3.18. The van der Waals surface area contributed by atoms with Crippen LogP contribution in [0.25, 0.3) is 0 Å². The summed E-state index contributed by atoms with van der Waals surface area (Å²) in [5, 5.41) is 7.94. The molecule has 0 unspecified atom stereocenters. The normalized spacial score (nSPS) is 19.6. The minimum atomic E-state index is -0.941. The number of hydrazone groups is 1. The summed E-state index contributed by atoms with van der Waals surface area (Å²) in [6.45, 7) is 0. The first-order chi connectivity index (χ1) is 14.5. The van der Waals surface area contributed by atoms with E-state index in [-0.39, 0.29) is 11.8 Å². The van der Waals surface area contributed by atoms with E-state index in [2.05, 4.69) is 0 Å². The molecule has 0 saturated carbocycles. The number of ether oxygens (including phenoxy) is 1. The Morgan fingerprint density at radius 3 is 2.43 bits per heavy atom. The van der Waals surface area contributed by atoms with E-state index in [1.54, 1.807) is 35.3 Å². The van der Waals surface area contributed by atoms with Crippen molar-refractivity contribution in [1.82, 2.24) is 5.01 Å². The van der Waals surface area contributed by atoms with Crippen molar-refractivity contribution in [2.75, 3.05) is 0 Å². The fourth-order valence-electron chi connectivity index (χ4n) is 3.85. The van der Waals surface area contributed by atoms with Crippen LogP contribution in [0.3, 0.4) is 0 Å². The molecule has 150 valence electrons. The molecule has 2 heterocycles. The highest BCUT2D eigenvalue weighted by Gasteiger charge is 2.44. The average Bonchev–Trinajstić information content (AvgIpc) is 3.20. The maximum atomic E-state index is 13.3. The summed E-state index contributed by atoms with van der Waals surface area (Å²) in [4.78, 5) is 13.3. The van der Waals surface area contributed by atoms with Crippen LogP contribution < -0.4 is 4.74 Å². The number of rotatable bonds is 3. The van der Waals surface area contributed by atoms with Crippen LogP contribution in [-0.2, 0) is 0 Å². The van der Waals surface area contributed by atoms with Crippen molar-refractivity contribution < 1.29 is 9.53 Å². The van der Waals surface area contributed by atoms with Crippen LogP contribution in [0.2, 0.25) is 15.1 Å². The number of carbonyl (C=O) groups is 1. The number of hydrogen-bond acceptors (Lipinski definition) is 4. The zero-order valence-corrected chi connectivity index (χ0v) is 17.8. The Kier molecular flexibility index (Phi) is 4.94. The fourth-order valence-corrected chi connectivity index (χ4v) is 4.53. The molecule has 0 aromatic heterocycles. The van der Waals surface area contributed by atoms with E-state index in [0.717, 1.165) is 16.8 Å². The number of fused-ring (bicyclic) bond motifs is 3. The molecular formula is C23H15Cl3N2O2. The molecule has 0 spiro atoms. The van der Waals surface area contributed by atoms with E-state index in [0.29, 0.717) is 32.8 Å². The van der Waals surface area contributed by atoms with E-state index in [1.165, 1.54) is 0 Å². The largest absolute Gasteiger partial charge is 0.459 e. The van der Waals surface area contributed by atoms with Crippen molar-refractivity contribution in [3.63, 3.8) is 0 Å². The van der Waals surface area contributed by atoms with Gasteiger partial charge in [-0.2, -0.15) is 5.10 Å². The van der Waals surface area contributed by atoms with Gasteiger partial charge in [-0.05, 0) is 42.0 Å². The lowest BCUT2D eigenvalue weighted by Gasteiger charge is -2.37. The van der Waals surface area contributed by atoms with Crippen LogP contribution >= 0.6 is 34.8 Å². The average molecular weight is 458 g/mol. The first-order valence-corrected chi connectivity index (χ1v) is 10.5. The van der Waals surface area contributed by atoms with Gasteiger partial charge in [-0.3, -0.25) is 4.79 Å². The summed E-state index contributed by atoms with van der Waals surface area (Å²) in [6.07, 6.45) is -0.329. The van der Waals surface area contributed by atoms with Crippen molar-refractivity contribution in [2.45, 2.75) is 18.7 Å². The molecule has 7 heteroatoms. The molecule has 2 atom stereocenters. The molecule has 4 nitrogen and oxygen atoms in total. The molecule has 5 rings (SSSR count). The van der Waals surface area contributed by atoms with Gasteiger partial charge in [-0.15, -0.1) is 0 Å². The van der Waals surface area contributed by atoms with Crippen LogP contribution in [0.5, 0.6) is 5.75 Å². The van der Waals surface area contributed by atoms with E-state index in [1.807, 2.05) is 36.4 Å². The van der Waals surface area contributed by atoms with Gasteiger partial charge in [-0.1, -0.05) is 65.1 Å². The second-order valence-corrected chi connectivity index (χ2v) is 8.44. The van der Waals surface area contributed by atoms with Gasteiger partial charge in [0.15, 0.2) is 0 Å². The van der Waals surface area contributed by atoms with E-state index < -0.39 is 6.23 Å². The van der Waals surface area contributed by atoms with Crippen molar-refractivity contribution in [3.8, 4) is 5.75 Å². The fraction of sp³-hybridized carbons (Fsp3) is 0.130. The smallest absolute Gasteiger partial charge is 0.251 e. The Hall–Kier alpha value is -2.53. The second-order valence-electron chi connectivity index (χ2n) is 7.16. The minimum Gasteiger partial charge on any atom is -0.459 e. The van der Waals surface area contributed by atoms with Gasteiger partial charge >= 0.3 is 0 Å². The minimum absolute atomic E-state index is 0.207. The molecule has 2 aliphatic rings. The number of ketones is 1. The molecule has 0 saturated heterocycles. The van der Waals surface area contributed by atoms with Crippen LogP contribution in [-0.4, -0.2) is 22.7 Å². The van der Waals surface area contributed by atoms with Crippen molar-refractivity contribution in [2.24, 2.45) is 5.10 Å². The second kappa shape index (κ2) is 7.62. The SMILES string of the molecule is O=C(c1ccc(Cl)cc1)[C@@H]1Oc2c(Cl)cc(Cl)cc2[C@H]2CC(c3ccccc3)=NN21. The highest BCUT2D eigenvalue weighted by atomic mass is 35.5. The quantitative estimate of drug-likeness (QED) is 0.427. The third-order valence-electron chi connectivity index (χ3n) is 5.27. The Morgan fingerprint density at radius 1 is 0.967 bits per heavy atom. The zero-order valence-electron chi connectivity index (χ0n) is 15.6. The first-order valence-electron chi connectivity index (χ1n) is 9.38. The summed E-state index contributed by atoms with van der Waals surface area (Å²) in [7, 11) is 0. The maximum absolute atomic E-state index is 13.3. The van der Waals surface area contributed by atoms with E-state index >= 15 is 0 Å². The van der Waals surface area contributed by atoms with E-state index in [4.69, 9.17) is 44.6 Å². The number of hydrogen-bond donors (Lipinski definition) is 0. The standard InChI is InChI=1S/C23H15Cl3N2O2/c24-15-8-6-14(7-9-15)21(29)23-28-20(12-19(27-28)13-4-2-1-3-5-13)17-10-16(25)11-18(26)22(17)30-23/h1-11,20,23H,12H2/t20-,23+/m1/s1. The maximum Gasteiger partial charge on any atom is 0.251 e. The third kappa shape index (κ3) is 3.35. The summed E-state index contributed by atoms with van der Waals surface area (Å²) >= 11 is 18.7. The Balaban J connectivity index is 1.60. The van der Waals surface area contributed by atoms with Crippen molar-refractivity contribution in [1.29, 1.82) is 0 Å². The molecule has 3 aromatic carbocycles. The van der Waals surface area contributed by atoms with Crippen molar-refractivity contribution in [3.05, 3.63) is 98.5 Å². The lowest BCUT2D eigenvalue weighted by atomic mass is 9.95. The molecule has 0 N–H and O–H groups in total. The van der Waals surface area contributed by atoms with Gasteiger partial charge < -0.3 is 4.74 Å². The molecule has 30 heavy (non-hydrogen) atoms. The molecule has 3 aromatic rings. The Morgan fingerprint density at radius 2 is 1.70 bits per heavy atom. The first kappa shape index (κ1) is 19.4. The lowest BCUT2D eigenvalue weighted by Crippen LogP contribution is -2.46. The Labute approximate surface area is 188 Å². The summed E-state index contributed by atoms with van der Waals surface area (Å²) in [5.74, 6) is 0.255. The molecule has 0 radical (unpaired) electrons. The highest BCUT2D eigenvalue weighted by Crippen LogP contribution is 2.47. The number of benzene rings is 3. The highest BCUT2D eigenvalue weighted by molar-refractivity contribution is 6.35. The van der Waals surface area contributed by atoms with E-state index in [9.17, 15) is 4.79 Å². The predicted octanol–water partition coefficient (Wildman–Crippen LogP) is 6.40. The van der Waals surface area contributed by atoms with Gasteiger partial charge in [0.05, 0.1) is 16.8 Å². The number of carbonyl (C=O) groups excluding carboxylic acids is 1. The predicted molar refractivity (Wildman–Crippen MR) is 119 cm³/mol. The summed E-state index contributed by atoms with van der Waals surface area (Å²) < 4.78 is 6.11. The molecule has 0 fully saturated rings. The molecule has 0 amide bonds. The third-order valence-corrected chi connectivity index (χ3v) is 6.02. The van der Waals surface area contributed by atoms with Gasteiger partial charge in [0.25, 0.3) is 6.23 Å². The molecule has 0 aliphatic carbocycles. The number of halogens is 3. The molecule has 0 bridgehead atoms.